The van der Waals surface area contributed by atoms with Gasteiger partial charge < -0.3 is 25.2 Å². The summed E-state index contributed by atoms with van der Waals surface area (Å²) in [4.78, 5) is 22.7. The molecule has 1 unspecified atom stereocenters. The van der Waals surface area contributed by atoms with Crippen LogP contribution in [0.5, 0.6) is 0 Å². The van der Waals surface area contributed by atoms with Crippen LogP contribution in [0, 0.1) is 0 Å². The molecule has 0 aromatic heterocycles. The van der Waals surface area contributed by atoms with Gasteiger partial charge in [-0.05, 0) is 6.42 Å². The Hall–Kier alpha value is -1.50. The summed E-state index contributed by atoms with van der Waals surface area (Å²) in [6.07, 6.45) is 19.9. The minimum atomic E-state index is -0.672. The molecule has 0 bridgehead atoms. The first-order valence-electron chi connectivity index (χ1n) is 12.5. The Morgan fingerprint density at radius 3 is 1.61 bits per heavy atom. The third kappa shape index (κ3) is 21.5. The summed E-state index contributed by atoms with van der Waals surface area (Å²) >= 11 is 0. The van der Waals surface area contributed by atoms with Crippen molar-refractivity contribution in [1.82, 2.24) is 10.6 Å². The molecule has 0 aromatic carbocycles. The van der Waals surface area contributed by atoms with Crippen LogP contribution in [0.3, 0.4) is 0 Å². The molecule has 0 spiro atoms. The third-order valence-electron chi connectivity index (χ3n) is 5.44. The minimum Gasteiger partial charge on any atom is -0.453 e. The summed E-state index contributed by atoms with van der Waals surface area (Å²) in [5.41, 5.74) is 0. The number of carbonyl (C=O) groups is 2. The normalized spacial score (nSPS) is 11.7. The number of hydrogen-bond donors (Lipinski definition) is 3. The van der Waals surface area contributed by atoms with Crippen molar-refractivity contribution in [2.45, 2.75) is 116 Å². The van der Waals surface area contributed by atoms with Gasteiger partial charge in [0, 0.05) is 6.54 Å². The van der Waals surface area contributed by atoms with E-state index in [1.807, 2.05) is 0 Å². The van der Waals surface area contributed by atoms with Gasteiger partial charge in [0.1, 0.15) is 6.61 Å². The first kappa shape index (κ1) is 29.5. The molecule has 0 fully saturated rings. The highest BCUT2D eigenvalue weighted by Gasteiger charge is 2.13. The standard InChI is InChI=1S/C24H48N2O5/c1-3-4-5-6-7-8-9-10-11-12-13-14-15-16-17-18-19-25-23(28)31-21-22(20-27)26-24(29)30-2/h22,27H,3-21H2,1-2H3,(H,25,28)(H,26,29). The molecule has 0 saturated heterocycles. The molecule has 0 saturated carbocycles. The first-order valence-corrected chi connectivity index (χ1v) is 12.5. The maximum absolute atomic E-state index is 11.6. The Balaban J connectivity index is 3.31. The Morgan fingerprint density at radius 1 is 0.742 bits per heavy atom. The van der Waals surface area contributed by atoms with Crippen molar-refractivity contribution >= 4 is 12.2 Å². The van der Waals surface area contributed by atoms with E-state index < -0.39 is 18.2 Å². The second-order valence-corrected chi connectivity index (χ2v) is 8.34. The van der Waals surface area contributed by atoms with Crippen LogP contribution in [0.4, 0.5) is 9.59 Å². The van der Waals surface area contributed by atoms with E-state index in [0.29, 0.717) is 6.54 Å². The molecule has 0 aliphatic carbocycles. The molecule has 7 nitrogen and oxygen atoms in total. The summed E-state index contributed by atoms with van der Waals surface area (Å²) in [6, 6.07) is -0.672. The smallest absolute Gasteiger partial charge is 0.407 e. The Kier molecular flexibility index (Phi) is 22.0. The van der Waals surface area contributed by atoms with Gasteiger partial charge in [-0.2, -0.15) is 0 Å². The number of ether oxygens (including phenoxy) is 2. The van der Waals surface area contributed by atoms with Crippen LogP contribution < -0.4 is 10.6 Å². The lowest BCUT2D eigenvalue weighted by Crippen LogP contribution is -2.42. The quantitative estimate of drug-likeness (QED) is 0.198. The van der Waals surface area contributed by atoms with Crippen LogP contribution in [-0.4, -0.2) is 50.2 Å². The van der Waals surface area contributed by atoms with E-state index in [1.165, 1.54) is 97.0 Å². The van der Waals surface area contributed by atoms with Crippen LogP contribution in [0.2, 0.25) is 0 Å². The van der Waals surface area contributed by atoms with Crippen LogP contribution in [0.25, 0.3) is 0 Å². The summed E-state index contributed by atoms with van der Waals surface area (Å²) in [5.74, 6) is 0. The predicted molar refractivity (Wildman–Crippen MR) is 125 cm³/mol. The molecule has 3 N–H and O–H groups in total. The van der Waals surface area contributed by atoms with Crippen molar-refractivity contribution in [3.63, 3.8) is 0 Å². The van der Waals surface area contributed by atoms with Gasteiger partial charge in [-0.25, -0.2) is 9.59 Å². The Labute approximate surface area is 190 Å². The maximum Gasteiger partial charge on any atom is 0.407 e. The maximum atomic E-state index is 11.6. The van der Waals surface area contributed by atoms with Gasteiger partial charge in [-0.1, -0.05) is 103 Å². The fourth-order valence-corrected chi connectivity index (χ4v) is 3.46. The van der Waals surface area contributed by atoms with Crippen molar-refractivity contribution in [1.29, 1.82) is 0 Å². The van der Waals surface area contributed by atoms with E-state index in [9.17, 15) is 9.59 Å². The number of hydrogen-bond acceptors (Lipinski definition) is 5. The molecule has 0 rings (SSSR count). The van der Waals surface area contributed by atoms with Crippen LogP contribution in [0.1, 0.15) is 110 Å². The number of aliphatic hydroxyl groups excluding tert-OH is 1. The number of carbonyl (C=O) groups excluding carboxylic acids is 2. The summed E-state index contributed by atoms with van der Waals surface area (Å²) in [7, 11) is 1.23. The van der Waals surface area contributed by atoms with Gasteiger partial charge in [0.2, 0.25) is 0 Å². The number of unbranched alkanes of at least 4 members (excludes halogenated alkanes) is 15. The van der Waals surface area contributed by atoms with Crippen LogP contribution in [0.15, 0.2) is 0 Å². The van der Waals surface area contributed by atoms with Gasteiger partial charge in [0.05, 0.1) is 19.8 Å². The lowest BCUT2D eigenvalue weighted by Gasteiger charge is -2.15. The van der Waals surface area contributed by atoms with Crippen molar-refractivity contribution in [2.24, 2.45) is 0 Å². The van der Waals surface area contributed by atoms with Gasteiger partial charge in [0.25, 0.3) is 0 Å². The minimum absolute atomic E-state index is 0.101. The fourth-order valence-electron chi connectivity index (χ4n) is 3.46. The first-order chi connectivity index (χ1) is 15.1. The van der Waals surface area contributed by atoms with E-state index in [1.54, 1.807) is 0 Å². The molecule has 0 aliphatic rings. The molecule has 2 amide bonds. The summed E-state index contributed by atoms with van der Waals surface area (Å²) < 4.78 is 9.43. The molecule has 0 heterocycles. The van der Waals surface area contributed by atoms with E-state index in [2.05, 4.69) is 22.3 Å². The van der Waals surface area contributed by atoms with E-state index >= 15 is 0 Å². The Morgan fingerprint density at radius 2 is 1.19 bits per heavy atom. The zero-order chi connectivity index (χ0) is 23.0. The zero-order valence-electron chi connectivity index (χ0n) is 20.1. The largest absolute Gasteiger partial charge is 0.453 e. The second kappa shape index (κ2) is 23.2. The van der Waals surface area contributed by atoms with Crippen molar-refractivity contribution in [2.75, 3.05) is 26.9 Å². The lowest BCUT2D eigenvalue weighted by atomic mass is 10.0. The fraction of sp³-hybridized carbons (Fsp3) is 0.917. The number of alkyl carbamates (subject to hydrolysis) is 2. The molecule has 0 radical (unpaired) electrons. The monoisotopic (exact) mass is 444 g/mol. The topological polar surface area (TPSA) is 96.9 Å². The molecule has 0 aliphatic heterocycles. The molecular formula is C24H48N2O5. The highest BCUT2D eigenvalue weighted by Crippen LogP contribution is 2.13. The van der Waals surface area contributed by atoms with E-state index in [4.69, 9.17) is 9.84 Å². The molecule has 0 aromatic rings. The SMILES string of the molecule is CCCCCCCCCCCCCCCCCCNC(=O)OCC(CO)NC(=O)OC. The van der Waals surface area contributed by atoms with Crippen molar-refractivity contribution < 1.29 is 24.2 Å². The number of methoxy groups -OCH3 is 1. The number of nitrogens with one attached hydrogen (secondary N) is 2. The molecule has 1 atom stereocenters. The van der Waals surface area contributed by atoms with Gasteiger partial charge in [0.15, 0.2) is 0 Å². The number of rotatable bonds is 21. The van der Waals surface area contributed by atoms with Crippen LogP contribution >= 0.6 is 0 Å². The van der Waals surface area contributed by atoms with Crippen molar-refractivity contribution in [3.05, 3.63) is 0 Å². The van der Waals surface area contributed by atoms with Gasteiger partial charge in [-0.15, -0.1) is 0 Å². The number of amides is 2. The molecule has 184 valence electrons. The average molecular weight is 445 g/mol. The zero-order valence-corrected chi connectivity index (χ0v) is 20.1. The lowest BCUT2D eigenvalue weighted by molar-refractivity contribution is 0.108. The van der Waals surface area contributed by atoms with E-state index in [0.717, 1.165) is 12.8 Å². The molecule has 31 heavy (non-hydrogen) atoms. The predicted octanol–water partition coefficient (Wildman–Crippen LogP) is 5.69. The van der Waals surface area contributed by atoms with Gasteiger partial charge in [-0.3, -0.25) is 0 Å². The second-order valence-electron chi connectivity index (χ2n) is 8.34. The molecular weight excluding hydrogens is 396 g/mol. The van der Waals surface area contributed by atoms with E-state index in [-0.39, 0.29) is 13.2 Å². The van der Waals surface area contributed by atoms with Crippen LogP contribution in [-0.2, 0) is 9.47 Å². The van der Waals surface area contributed by atoms with Gasteiger partial charge >= 0.3 is 12.2 Å². The highest BCUT2D eigenvalue weighted by molar-refractivity contribution is 5.68. The number of aliphatic hydroxyl groups is 1. The Bertz CT molecular complexity index is 421. The summed E-state index contributed by atoms with van der Waals surface area (Å²) in [6.45, 7) is 2.41. The highest BCUT2D eigenvalue weighted by atomic mass is 16.6. The van der Waals surface area contributed by atoms with Crippen molar-refractivity contribution in [3.8, 4) is 0 Å². The molecule has 7 heteroatoms. The average Bonchev–Trinajstić information content (AvgIpc) is 2.78. The summed E-state index contributed by atoms with van der Waals surface area (Å²) in [5, 5.41) is 14.2. The third-order valence-corrected chi connectivity index (χ3v) is 5.44.